The van der Waals surface area contributed by atoms with E-state index in [-0.39, 0.29) is 18.5 Å². The molecule has 0 aliphatic carbocycles. The van der Waals surface area contributed by atoms with Gasteiger partial charge in [-0.1, -0.05) is 6.07 Å². The van der Waals surface area contributed by atoms with Crippen molar-refractivity contribution in [3.63, 3.8) is 0 Å². The molecule has 0 radical (unpaired) electrons. The Labute approximate surface area is 145 Å². The summed E-state index contributed by atoms with van der Waals surface area (Å²) in [5, 5.41) is 3.56. The summed E-state index contributed by atoms with van der Waals surface area (Å²) in [6.07, 6.45) is 3.27. The Morgan fingerprint density at radius 1 is 1.24 bits per heavy atom. The number of nitrogens with zero attached hydrogens (tertiary/aromatic N) is 3. The summed E-state index contributed by atoms with van der Waals surface area (Å²) in [5.41, 5.74) is 8.43. The highest BCUT2D eigenvalue weighted by Crippen LogP contribution is 2.22. The molecule has 2 amide bonds. The molecular formula is C18H19N5O2. The zero-order chi connectivity index (χ0) is 18.0. The van der Waals surface area contributed by atoms with Gasteiger partial charge in [-0.2, -0.15) is 0 Å². The van der Waals surface area contributed by atoms with Crippen LogP contribution in [0.15, 0.2) is 48.8 Å². The van der Waals surface area contributed by atoms with Crippen molar-refractivity contribution in [1.29, 1.82) is 0 Å². The average Bonchev–Trinajstić information content (AvgIpc) is 3.04. The van der Waals surface area contributed by atoms with Gasteiger partial charge in [0.25, 0.3) is 5.91 Å². The van der Waals surface area contributed by atoms with Crippen LogP contribution in [0.5, 0.6) is 0 Å². The molecule has 2 aromatic heterocycles. The highest BCUT2D eigenvalue weighted by molar-refractivity contribution is 6.04. The lowest BCUT2D eigenvalue weighted by Crippen LogP contribution is -2.34. The van der Waals surface area contributed by atoms with Gasteiger partial charge in [-0.25, -0.2) is 4.79 Å². The Balaban J connectivity index is 1.86. The van der Waals surface area contributed by atoms with Crippen molar-refractivity contribution >= 4 is 28.5 Å². The van der Waals surface area contributed by atoms with Crippen LogP contribution in [0, 0.1) is 0 Å². The summed E-state index contributed by atoms with van der Waals surface area (Å²) < 4.78 is 1.56. The molecular weight excluding hydrogens is 318 g/mol. The number of pyridine rings is 1. The maximum Gasteiger partial charge on any atom is 0.317 e. The monoisotopic (exact) mass is 337 g/mol. The first-order chi connectivity index (χ1) is 12.0. The molecule has 1 aromatic carbocycles. The van der Waals surface area contributed by atoms with Crippen LogP contribution in [0.25, 0.3) is 10.9 Å². The maximum absolute atomic E-state index is 12.8. The minimum absolute atomic E-state index is 0.178. The van der Waals surface area contributed by atoms with E-state index < -0.39 is 0 Å². The Bertz CT molecular complexity index is 946. The van der Waals surface area contributed by atoms with E-state index in [0.29, 0.717) is 16.9 Å². The third-order valence-electron chi connectivity index (χ3n) is 3.88. The van der Waals surface area contributed by atoms with Gasteiger partial charge in [-0.15, -0.1) is 0 Å². The number of nitrogens with two attached hydrogens (primary N) is 1. The molecule has 25 heavy (non-hydrogen) atoms. The van der Waals surface area contributed by atoms with Gasteiger partial charge in [0, 0.05) is 43.1 Å². The molecule has 7 heteroatoms. The van der Waals surface area contributed by atoms with Crippen molar-refractivity contribution in [2.24, 2.45) is 0 Å². The molecule has 0 fully saturated rings. The van der Waals surface area contributed by atoms with Crippen molar-refractivity contribution in [3.05, 3.63) is 60.0 Å². The van der Waals surface area contributed by atoms with Gasteiger partial charge >= 0.3 is 6.03 Å². The number of benzene rings is 1. The number of nitrogen functional groups attached to an aromatic ring is 1. The number of carbonyl (C=O) groups excluding carboxylic acids is 2. The van der Waals surface area contributed by atoms with E-state index in [0.717, 1.165) is 10.9 Å². The highest BCUT2D eigenvalue weighted by atomic mass is 16.2. The summed E-state index contributed by atoms with van der Waals surface area (Å²) in [4.78, 5) is 30.1. The van der Waals surface area contributed by atoms with Crippen LogP contribution in [0.4, 0.5) is 10.5 Å². The van der Waals surface area contributed by atoms with Crippen LogP contribution < -0.4 is 11.1 Å². The fraction of sp³-hybridized carbons (Fsp3) is 0.167. The molecule has 0 saturated heterocycles. The summed E-state index contributed by atoms with van der Waals surface area (Å²) in [6, 6.07) is 10.4. The smallest absolute Gasteiger partial charge is 0.317 e. The summed E-state index contributed by atoms with van der Waals surface area (Å²) in [7, 11) is 3.32. The molecule has 0 aliphatic rings. The number of hydrogen-bond acceptors (Lipinski definition) is 4. The minimum atomic E-state index is -0.217. The lowest BCUT2D eigenvalue weighted by molar-refractivity contribution is 0.0964. The second-order valence-corrected chi connectivity index (χ2v) is 5.86. The number of amides is 2. The van der Waals surface area contributed by atoms with Crippen LogP contribution in [-0.4, -0.2) is 40.5 Å². The number of hydrogen-bond donors (Lipinski definition) is 2. The predicted octanol–water partition coefficient (Wildman–Crippen LogP) is 2.08. The SMILES string of the molecule is CN(C)C(=O)NCc1cc(C(=O)n2ccc3c(N)cccc32)ccn1. The molecule has 0 spiro atoms. The van der Waals surface area contributed by atoms with Crippen molar-refractivity contribution in [1.82, 2.24) is 19.8 Å². The zero-order valence-corrected chi connectivity index (χ0v) is 14.1. The fourth-order valence-electron chi connectivity index (χ4n) is 2.54. The second kappa shape index (κ2) is 6.64. The molecule has 3 rings (SSSR count). The molecule has 0 bridgehead atoms. The molecule has 2 heterocycles. The third kappa shape index (κ3) is 3.30. The third-order valence-corrected chi connectivity index (χ3v) is 3.88. The number of nitrogens with one attached hydrogen (secondary N) is 1. The number of anilines is 1. The van der Waals surface area contributed by atoms with E-state index in [1.54, 1.807) is 49.3 Å². The molecule has 128 valence electrons. The van der Waals surface area contributed by atoms with Crippen LogP contribution in [0.3, 0.4) is 0 Å². The van der Waals surface area contributed by atoms with Gasteiger partial charge in [0.2, 0.25) is 0 Å². The molecule has 0 atom stereocenters. The van der Waals surface area contributed by atoms with Gasteiger partial charge in [-0.3, -0.25) is 14.3 Å². The van der Waals surface area contributed by atoms with E-state index in [9.17, 15) is 9.59 Å². The largest absolute Gasteiger partial charge is 0.398 e. The molecule has 0 unspecified atom stereocenters. The van der Waals surface area contributed by atoms with E-state index in [2.05, 4.69) is 10.3 Å². The highest BCUT2D eigenvalue weighted by Gasteiger charge is 2.13. The van der Waals surface area contributed by atoms with Gasteiger partial charge in [0.1, 0.15) is 0 Å². The fourth-order valence-corrected chi connectivity index (χ4v) is 2.54. The number of aromatic nitrogens is 2. The summed E-state index contributed by atoms with van der Waals surface area (Å²) in [5.74, 6) is -0.178. The standard InChI is InChI=1S/C18H19N5O2/c1-22(2)18(25)21-11-13-10-12(6-8-20-13)17(24)23-9-7-14-15(19)4-3-5-16(14)23/h3-10H,11,19H2,1-2H3,(H,21,25). The topological polar surface area (TPSA) is 93.2 Å². The van der Waals surface area contributed by atoms with Crippen LogP contribution in [0.2, 0.25) is 0 Å². The number of rotatable bonds is 3. The minimum Gasteiger partial charge on any atom is -0.398 e. The van der Waals surface area contributed by atoms with Crippen LogP contribution >= 0.6 is 0 Å². The van der Waals surface area contributed by atoms with Crippen molar-refractivity contribution in [2.45, 2.75) is 6.54 Å². The van der Waals surface area contributed by atoms with Gasteiger partial charge in [0.05, 0.1) is 17.8 Å². The Morgan fingerprint density at radius 2 is 2.04 bits per heavy atom. The number of fused-ring (bicyclic) bond motifs is 1. The lowest BCUT2D eigenvalue weighted by Gasteiger charge is -2.12. The average molecular weight is 337 g/mol. The quantitative estimate of drug-likeness (QED) is 0.716. The first-order valence-electron chi connectivity index (χ1n) is 7.77. The molecule has 0 saturated carbocycles. The Hall–Kier alpha value is -3.35. The normalized spacial score (nSPS) is 10.6. The van der Waals surface area contributed by atoms with E-state index >= 15 is 0 Å². The lowest BCUT2D eigenvalue weighted by atomic mass is 10.2. The Kier molecular flexibility index (Phi) is 4.38. The molecule has 7 nitrogen and oxygen atoms in total. The van der Waals surface area contributed by atoms with Crippen LogP contribution in [-0.2, 0) is 6.54 Å². The molecule has 3 N–H and O–H groups in total. The molecule has 3 aromatic rings. The number of urea groups is 1. The van der Waals surface area contributed by atoms with E-state index in [1.807, 2.05) is 18.2 Å². The van der Waals surface area contributed by atoms with Gasteiger partial charge in [0.15, 0.2) is 0 Å². The van der Waals surface area contributed by atoms with Gasteiger partial charge < -0.3 is 16.0 Å². The van der Waals surface area contributed by atoms with Crippen molar-refractivity contribution < 1.29 is 9.59 Å². The number of carbonyl (C=O) groups is 2. The van der Waals surface area contributed by atoms with Gasteiger partial charge in [-0.05, 0) is 30.3 Å². The second-order valence-electron chi connectivity index (χ2n) is 5.86. The van der Waals surface area contributed by atoms with Crippen LogP contribution in [0.1, 0.15) is 16.1 Å². The van der Waals surface area contributed by atoms with E-state index in [4.69, 9.17) is 5.73 Å². The zero-order valence-electron chi connectivity index (χ0n) is 14.1. The first-order valence-corrected chi connectivity index (χ1v) is 7.77. The maximum atomic E-state index is 12.8. The first kappa shape index (κ1) is 16.5. The van der Waals surface area contributed by atoms with Crippen molar-refractivity contribution in [2.75, 3.05) is 19.8 Å². The van der Waals surface area contributed by atoms with E-state index in [1.165, 1.54) is 4.90 Å². The molecule has 0 aliphatic heterocycles. The summed E-state index contributed by atoms with van der Waals surface area (Å²) >= 11 is 0. The Morgan fingerprint density at radius 3 is 2.80 bits per heavy atom. The predicted molar refractivity (Wildman–Crippen MR) is 96.2 cm³/mol. The summed E-state index contributed by atoms with van der Waals surface area (Å²) in [6.45, 7) is 0.248. The van der Waals surface area contributed by atoms with Crippen molar-refractivity contribution in [3.8, 4) is 0 Å².